The Morgan fingerprint density at radius 3 is 2.45 bits per heavy atom. The number of rotatable bonds is 3. The fourth-order valence-electron chi connectivity index (χ4n) is 2.80. The topological polar surface area (TPSA) is 49.4 Å². The molecule has 1 heterocycles. The largest absolute Gasteiger partial charge is 0.312 e. The molecule has 0 amide bonds. The first-order valence-corrected chi connectivity index (χ1v) is 8.91. The summed E-state index contributed by atoms with van der Waals surface area (Å²) in [6.07, 6.45) is 0. The Morgan fingerprint density at radius 2 is 1.73 bits per heavy atom. The summed E-state index contributed by atoms with van der Waals surface area (Å²) in [6, 6.07) is 17.1. The highest BCUT2D eigenvalue weighted by Gasteiger charge is 2.30. The van der Waals surface area contributed by atoms with Crippen LogP contribution < -0.4 is 5.32 Å². The Morgan fingerprint density at radius 1 is 1.05 bits per heavy atom. The van der Waals surface area contributed by atoms with E-state index in [0.29, 0.717) is 24.5 Å². The van der Waals surface area contributed by atoms with Gasteiger partial charge in [-0.15, -0.1) is 0 Å². The maximum atomic E-state index is 13.0. The summed E-state index contributed by atoms with van der Waals surface area (Å²) < 4.78 is 27.6. The quantitative estimate of drug-likeness (QED) is 0.945. The zero-order valence-electron chi connectivity index (χ0n) is 12.6. The van der Waals surface area contributed by atoms with Gasteiger partial charge in [0.15, 0.2) is 0 Å². The molecule has 2 aromatic carbocycles. The van der Waals surface area contributed by atoms with E-state index in [1.807, 2.05) is 49.4 Å². The van der Waals surface area contributed by atoms with Gasteiger partial charge in [-0.25, -0.2) is 8.42 Å². The zero-order chi connectivity index (χ0) is 15.6. The van der Waals surface area contributed by atoms with Crippen LogP contribution in [0.15, 0.2) is 59.5 Å². The first kappa shape index (κ1) is 15.2. The van der Waals surface area contributed by atoms with Crippen molar-refractivity contribution in [1.82, 2.24) is 9.62 Å². The fraction of sp³-hybridized carbons (Fsp3) is 0.294. The molecule has 1 fully saturated rings. The molecule has 1 N–H and O–H groups in total. The molecular formula is C17H20N2O2S. The van der Waals surface area contributed by atoms with Gasteiger partial charge in [-0.2, -0.15) is 4.31 Å². The third-order valence-electron chi connectivity index (χ3n) is 3.92. The number of nitrogens with one attached hydrogen (secondary N) is 1. The molecule has 1 saturated heterocycles. The third kappa shape index (κ3) is 2.92. The van der Waals surface area contributed by atoms with Gasteiger partial charge in [0.25, 0.3) is 0 Å². The summed E-state index contributed by atoms with van der Waals surface area (Å²) in [5.74, 6) is 0. The van der Waals surface area contributed by atoms with Crippen molar-refractivity contribution in [1.29, 1.82) is 0 Å². The van der Waals surface area contributed by atoms with Crippen molar-refractivity contribution < 1.29 is 8.42 Å². The van der Waals surface area contributed by atoms with E-state index in [9.17, 15) is 8.42 Å². The lowest BCUT2D eigenvalue weighted by molar-refractivity contribution is 0.310. The van der Waals surface area contributed by atoms with Crippen LogP contribution in [0.4, 0.5) is 0 Å². The van der Waals surface area contributed by atoms with Crippen LogP contribution in [0.25, 0.3) is 11.1 Å². The van der Waals surface area contributed by atoms with Crippen LogP contribution in [0.3, 0.4) is 0 Å². The molecule has 0 aromatic heterocycles. The molecule has 3 rings (SSSR count). The van der Waals surface area contributed by atoms with E-state index in [1.165, 1.54) is 0 Å². The van der Waals surface area contributed by atoms with E-state index in [0.717, 1.165) is 11.1 Å². The van der Waals surface area contributed by atoms with Gasteiger partial charge in [-0.1, -0.05) is 48.5 Å². The van der Waals surface area contributed by atoms with Crippen LogP contribution in [0.1, 0.15) is 6.92 Å². The molecular weight excluding hydrogens is 296 g/mol. The molecule has 5 heteroatoms. The van der Waals surface area contributed by atoms with Crippen LogP contribution in [-0.4, -0.2) is 38.4 Å². The van der Waals surface area contributed by atoms with Gasteiger partial charge >= 0.3 is 0 Å². The van der Waals surface area contributed by atoms with Crippen molar-refractivity contribution in [3.05, 3.63) is 54.6 Å². The van der Waals surface area contributed by atoms with Crippen LogP contribution in [0, 0.1) is 0 Å². The fourth-order valence-corrected chi connectivity index (χ4v) is 4.55. The minimum atomic E-state index is -3.48. The lowest BCUT2D eigenvalue weighted by Crippen LogP contribution is -2.51. The second kappa shape index (κ2) is 6.20. The molecule has 4 nitrogen and oxygen atoms in total. The molecule has 22 heavy (non-hydrogen) atoms. The molecule has 0 spiro atoms. The van der Waals surface area contributed by atoms with Gasteiger partial charge < -0.3 is 5.32 Å². The molecule has 0 aliphatic carbocycles. The predicted molar refractivity (Wildman–Crippen MR) is 88.1 cm³/mol. The average Bonchev–Trinajstić information content (AvgIpc) is 2.56. The average molecular weight is 316 g/mol. The number of benzene rings is 2. The Hall–Kier alpha value is -1.69. The number of hydrogen-bond donors (Lipinski definition) is 1. The van der Waals surface area contributed by atoms with Crippen LogP contribution in [-0.2, 0) is 10.0 Å². The standard InChI is InChI=1S/C17H20N2O2S/c1-14-13-19(12-11-18-14)22(20,21)17-10-6-5-9-16(17)15-7-3-2-4-8-15/h2-10,14,18H,11-13H2,1H3. The van der Waals surface area contributed by atoms with Crippen LogP contribution >= 0.6 is 0 Å². The van der Waals surface area contributed by atoms with Gasteiger partial charge in [-0.05, 0) is 18.6 Å². The molecule has 2 aromatic rings. The first-order chi connectivity index (χ1) is 10.6. The second-order valence-corrected chi connectivity index (χ2v) is 7.49. The molecule has 0 saturated carbocycles. The molecule has 116 valence electrons. The van der Waals surface area contributed by atoms with E-state index in [-0.39, 0.29) is 6.04 Å². The van der Waals surface area contributed by atoms with E-state index < -0.39 is 10.0 Å². The molecule has 1 aliphatic heterocycles. The summed E-state index contributed by atoms with van der Waals surface area (Å²) in [4.78, 5) is 0.385. The molecule has 0 bridgehead atoms. The van der Waals surface area contributed by atoms with E-state index in [2.05, 4.69) is 5.32 Å². The van der Waals surface area contributed by atoms with Crippen molar-refractivity contribution in [2.24, 2.45) is 0 Å². The van der Waals surface area contributed by atoms with Crippen molar-refractivity contribution in [2.75, 3.05) is 19.6 Å². The highest BCUT2D eigenvalue weighted by Crippen LogP contribution is 2.29. The highest BCUT2D eigenvalue weighted by atomic mass is 32.2. The minimum absolute atomic E-state index is 0.174. The second-order valence-electron chi connectivity index (χ2n) is 5.58. The maximum absolute atomic E-state index is 13.0. The van der Waals surface area contributed by atoms with Crippen molar-refractivity contribution in [2.45, 2.75) is 17.9 Å². The van der Waals surface area contributed by atoms with Crippen LogP contribution in [0.2, 0.25) is 0 Å². The first-order valence-electron chi connectivity index (χ1n) is 7.47. The zero-order valence-corrected chi connectivity index (χ0v) is 13.4. The van der Waals surface area contributed by atoms with E-state index in [4.69, 9.17) is 0 Å². The Balaban J connectivity index is 2.05. The normalized spacial score (nSPS) is 20.0. The summed E-state index contributed by atoms with van der Waals surface area (Å²) in [7, 11) is -3.48. The number of nitrogens with zero attached hydrogens (tertiary/aromatic N) is 1. The van der Waals surface area contributed by atoms with Gasteiger partial charge in [0.05, 0.1) is 4.90 Å². The van der Waals surface area contributed by atoms with E-state index >= 15 is 0 Å². The minimum Gasteiger partial charge on any atom is -0.312 e. The summed E-state index contributed by atoms with van der Waals surface area (Å²) in [5, 5.41) is 3.28. The predicted octanol–water partition coefficient (Wildman–Crippen LogP) is 2.34. The smallest absolute Gasteiger partial charge is 0.243 e. The molecule has 0 radical (unpaired) electrons. The van der Waals surface area contributed by atoms with Crippen LogP contribution in [0.5, 0.6) is 0 Å². The Bertz CT molecular complexity index is 744. The molecule has 1 unspecified atom stereocenters. The summed E-state index contributed by atoms with van der Waals surface area (Å²) >= 11 is 0. The highest BCUT2D eigenvalue weighted by molar-refractivity contribution is 7.89. The third-order valence-corrected chi connectivity index (χ3v) is 5.84. The maximum Gasteiger partial charge on any atom is 0.243 e. The SMILES string of the molecule is CC1CN(S(=O)(=O)c2ccccc2-c2ccccc2)CCN1. The molecule has 1 aliphatic rings. The van der Waals surface area contributed by atoms with Crippen molar-refractivity contribution in [3.63, 3.8) is 0 Å². The van der Waals surface area contributed by atoms with E-state index in [1.54, 1.807) is 16.4 Å². The summed E-state index contributed by atoms with van der Waals surface area (Å²) in [6.45, 7) is 3.71. The Labute approximate surface area is 131 Å². The van der Waals surface area contributed by atoms with Gasteiger partial charge in [-0.3, -0.25) is 0 Å². The lowest BCUT2D eigenvalue weighted by atomic mass is 10.1. The van der Waals surface area contributed by atoms with Crippen molar-refractivity contribution in [3.8, 4) is 11.1 Å². The number of piperazine rings is 1. The monoisotopic (exact) mass is 316 g/mol. The summed E-state index contributed by atoms with van der Waals surface area (Å²) in [5.41, 5.74) is 1.68. The van der Waals surface area contributed by atoms with Gasteiger partial charge in [0, 0.05) is 31.2 Å². The molecule has 1 atom stereocenters. The Kier molecular flexibility index (Phi) is 4.29. The number of hydrogen-bond acceptors (Lipinski definition) is 3. The van der Waals surface area contributed by atoms with Crippen molar-refractivity contribution >= 4 is 10.0 Å². The van der Waals surface area contributed by atoms with Gasteiger partial charge in [0.2, 0.25) is 10.0 Å². The number of sulfonamides is 1. The lowest BCUT2D eigenvalue weighted by Gasteiger charge is -2.31. The van der Waals surface area contributed by atoms with Gasteiger partial charge in [0.1, 0.15) is 0 Å².